The lowest BCUT2D eigenvalue weighted by Crippen LogP contribution is -2.16. The van der Waals surface area contributed by atoms with Crippen molar-refractivity contribution in [3.63, 3.8) is 0 Å². The lowest BCUT2D eigenvalue weighted by atomic mass is 10.3. The Hall–Kier alpha value is -1.08. The summed E-state index contributed by atoms with van der Waals surface area (Å²) >= 11 is 4.75. The van der Waals surface area contributed by atoms with Crippen molar-refractivity contribution in [1.82, 2.24) is 19.7 Å². The normalized spacial score (nSPS) is 10.8. The van der Waals surface area contributed by atoms with Crippen LogP contribution in [0.2, 0.25) is 0 Å². The standard InChI is InChI=1S/C10H11BrN4OS/c1-3-15-9(16)13-14-10(15)17-8-6(2)4-7(11)5-12-8/h4-5H,3H2,1-2H3,(H,13,16). The van der Waals surface area contributed by atoms with Gasteiger partial charge < -0.3 is 0 Å². The summed E-state index contributed by atoms with van der Waals surface area (Å²) in [5.41, 5.74) is 0.854. The van der Waals surface area contributed by atoms with Crippen molar-refractivity contribution in [3.05, 3.63) is 32.8 Å². The summed E-state index contributed by atoms with van der Waals surface area (Å²) < 4.78 is 2.52. The minimum absolute atomic E-state index is 0.190. The van der Waals surface area contributed by atoms with Crippen molar-refractivity contribution < 1.29 is 0 Å². The van der Waals surface area contributed by atoms with Crippen LogP contribution >= 0.6 is 27.7 Å². The number of hydrogen-bond donors (Lipinski definition) is 1. The molecule has 7 heteroatoms. The molecule has 0 unspecified atom stereocenters. The van der Waals surface area contributed by atoms with E-state index in [0.29, 0.717) is 11.7 Å². The van der Waals surface area contributed by atoms with Gasteiger partial charge in [0.05, 0.1) is 0 Å². The molecule has 0 aromatic carbocycles. The number of H-pyrrole nitrogens is 1. The SMILES string of the molecule is CCn1c(Sc2ncc(Br)cc2C)n[nH]c1=O. The largest absolute Gasteiger partial charge is 0.343 e. The summed E-state index contributed by atoms with van der Waals surface area (Å²) in [7, 11) is 0. The van der Waals surface area contributed by atoms with Gasteiger partial charge in [-0.3, -0.25) is 4.57 Å². The van der Waals surface area contributed by atoms with Gasteiger partial charge in [0.1, 0.15) is 5.03 Å². The van der Waals surface area contributed by atoms with E-state index in [9.17, 15) is 4.79 Å². The predicted molar refractivity (Wildman–Crippen MR) is 69.3 cm³/mol. The molecular weight excluding hydrogens is 304 g/mol. The van der Waals surface area contributed by atoms with Crippen molar-refractivity contribution in [2.75, 3.05) is 0 Å². The zero-order valence-electron chi connectivity index (χ0n) is 9.40. The van der Waals surface area contributed by atoms with Gasteiger partial charge in [-0.25, -0.2) is 14.9 Å². The first kappa shape index (κ1) is 12.4. The number of rotatable bonds is 3. The summed E-state index contributed by atoms with van der Waals surface area (Å²) in [6, 6.07) is 1.98. The minimum atomic E-state index is -0.190. The lowest BCUT2D eigenvalue weighted by molar-refractivity contribution is 0.660. The highest BCUT2D eigenvalue weighted by atomic mass is 79.9. The van der Waals surface area contributed by atoms with Crippen molar-refractivity contribution in [2.24, 2.45) is 0 Å². The van der Waals surface area contributed by atoms with E-state index in [-0.39, 0.29) is 5.69 Å². The highest BCUT2D eigenvalue weighted by Gasteiger charge is 2.11. The average Bonchev–Trinajstić information content (AvgIpc) is 2.63. The highest BCUT2D eigenvalue weighted by molar-refractivity contribution is 9.10. The Kier molecular flexibility index (Phi) is 3.68. The van der Waals surface area contributed by atoms with Crippen LogP contribution in [0.3, 0.4) is 0 Å². The maximum Gasteiger partial charge on any atom is 0.343 e. The first-order chi connectivity index (χ1) is 8.11. The van der Waals surface area contributed by atoms with E-state index >= 15 is 0 Å². The molecule has 1 N–H and O–H groups in total. The van der Waals surface area contributed by atoms with E-state index in [1.54, 1.807) is 10.8 Å². The van der Waals surface area contributed by atoms with Gasteiger partial charge in [-0.2, -0.15) is 0 Å². The number of halogens is 1. The van der Waals surface area contributed by atoms with E-state index < -0.39 is 0 Å². The molecule has 0 atom stereocenters. The number of nitrogens with zero attached hydrogens (tertiary/aromatic N) is 3. The third kappa shape index (κ3) is 2.61. The molecule has 2 aromatic rings. The van der Waals surface area contributed by atoms with Gasteiger partial charge in [-0.15, -0.1) is 5.10 Å². The minimum Gasteiger partial charge on any atom is -0.270 e. The quantitative estimate of drug-likeness (QED) is 0.943. The van der Waals surface area contributed by atoms with Gasteiger partial charge in [-0.05, 0) is 53.2 Å². The number of nitrogens with one attached hydrogen (secondary N) is 1. The summed E-state index contributed by atoms with van der Waals surface area (Å²) in [4.78, 5) is 15.7. The van der Waals surface area contributed by atoms with Crippen molar-refractivity contribution in [1.29, 1.82) is 0 Å². The first-order valence-electron chi connectivity index (χ1n) is 5.07. The van der Waals surface area contributed by atoms with Crippen LogP contribution < -0.4 is 5.69 Å². The third-order valence-electron chi connectivity index (χ3n) is 2.22. The fourth-order valence-corrected chi connectivity index (χ4v) is 2.74. The van der Waals surface area contributed by atoms with Crippen LogP contribution in [0.4, 0.5) is 0 Å². The molecule has 0 spiro atoms. The highest BCUT2D eigenvalue weighted by Crippen LogP contribution is 2.27. The first-order valence-corrected chi connectivity index (χ1v) is 6.68. The second-order valence-electron chi connectivity index (χ2n) is 3.43. The molecule has 2 rings (SSSR count). The molecule has 2 heterocycles. The molecule has 0 saturated heterocycles. The van der Waals surface area contributed by atoms with Crippen molar-refractivity contribution in [3.8, 4) is 0 Å². The monoisotopic (exact) mass is 314 g/mol. The van der Waals surface area contributed by atoms with E-state index in [1.807, 2.05) is 19.9 Å². The summed E-state index contributed by atoms with van der Waals surface area (Å²) in [5, 5.41) is 7.90. The number of pyridine rings is 1. The van der Waals surface area contributed by atoms with Crippen LogP contribution in [0.1, 0.15) is 12.5 Å². The number of aromatic amines is 1. The van der Waals surface area contributed by atoms with Gasteiger partial charge in [0.2, 0.25) is 0 Å². The van der Waals surface area contributed by atoms with Crippen molar-refractivity contribution >= 4 is 27.7 Å². The van der Waals surface area contributed by atoms with Crippen LogP contribution in [-0.2, 0) is 6.54 Å². The molecular formula is C10H11BrN4OS. The second kappa shape index (κ2) is 5.05. The molecule has 0 aliphatic heterocycles. The number of aromatic nitrogens is 4. The molecule has 0 radical (unpaired) electrons. The van der Waals surface area contributed by atoms with E-state index in [4.69, 9.17) is 0 Å². The zero-order valence-corrected chi connectivity index (χ0v) is 11.8. The fourth-order valence-electron chi connectivity index (χ4n) is 1.38. The third-order valence-corrected chi connectivity index (χ3v) is 3.77. The fraction of sp³-hybridized carbons (Fsp3) is 0.300. The molecule has 2 aromatic heterocycles. The van der Waals surface area contributed by atoms with Gasteiger partial charge in [0.15, 0.2) is 5.16 Å². The lowest BCUT2D eigenvalue weighted by Gasteiger charge is -2.04. The zero-order chi connectivity index (χ0) is 12.4. The second-order valence-corrected chi connectivity index (χ2v) is 5.30. The van der Waals surface area contributed by atoms with Crippen molar-refractivity contribution in [2.45, 2.75) is 30.6 Å². The molecule has 0 amide bonds. The Labute approximate surface area is 111 Å². The van der Waals surface area contributed by atoms with Crippen LogP contribution in [0.5, 0.6) is 0 Å². The van der Waals surface area contributed by atoms with Gasteiger partial charge in [0.25, 0.3) is 0 Å². The summed E-state index contributed by atoms with van der Waals surface area (Å²) in [5.74, 6) is 0. The van der Waals surface area contributed by atoms with Crippen LogP contribution in [0, 0.1) is 6.92 Å². The Balaban J connectivity index is 2.34. The molecule has 0 aliphatic rings. The molecule has 90 valence electrons. The molecule has 0 bridgehead atoms. The average molecular weight is 315 g/mol. The van der Waals surface area contributed by atoms with Gasteiger partial charge in [-0.1, -0.05) is 0 Å². The number of hydrogen-bond acceptors (Lipinski definition) is 4. The Morgan fingerprint density at radius 1 is 1.59 bits per heavy atom. The molecule has 17 heavy (non-hydrogen) atoms. The van der Waals surface area contributed by atoms with Gasteiger partial charge in [0, 0.05) is 17.2 Å². The molecule has 0 fully saturated rings. The smallest absolute Gasteiger partial charge is 0.270 e. The molecule has 0 aliphatic carbocycles. The Morgan fingerprint density at radius 3 is 3.00 bits per heavy atom. The predicted octanol–water partition coefficient (Wildman–Crippen LogP) is 2.21. The van der Waals surface area contributed by atoms with E-state index in [2.05, 4.69) is 31.1 Å². The van der Waals surface area contributed by atoms with Crippen LogP contribution in [0.15, 0.2) is 31.7 Å². The summed E-state index contributed by atoms with van der Waals surface area (Å²) in [6.45, 7) is 4.47. The maximum atomic E-state index is 11.4. The molecule has 0 saturated carbocycles. The summed E-state index contributed by atoms with van der Waals surface area (Å²) in [6.07, 6.45) is 1.73. The Morgan fingerprint density at radius 2 is 2.35 bits per heavy atom. The van der Waals surface area contributed by atoms with Crippen LogP contribution in [-0.4, -0.2) is 19.7 Å². The number of aryl methyl sites for hydroxylation is 1. The maximum absolute atomic E-state index is 11.4. The molecule has 5 nitrogen and oxygen atoms in total. The van der Waals surface area contributed by atoms with Crippen LogP contribution in [0.25, 0.3) is 0 Å². The van der Waals surface area contributed by atoms with Gasteiger partial charge >= 0.3 is 5.69 Å². The Bertz CT molecular complexity index is 592. The van der Waals surface area contributed by atoms with E-state index in [1.165, 1.54) is 11.8 Å². The van der Waals surface area contributed by atoms with E-state index in [0.717, 1.165) is 15.1 Å². The topological polar surface area (TPSA) is 63.6 Å².